The van der Waals surface area contributed by atoms with E-state index in [9.17, 15) is 10.1 Å². The van der Waals surface area contributed by atoms with Gasteiger partial charge in [-0.25, -0.2) is 4.98 Å². The van der Waals surface area contributed by atoms with Gasteiger partial charge in [-0.3, -0.25) is 15.2 Å². The van der Waals surface area contributed by atoms with Crippen molar-refractivity contribution in [1.82, 2.24) is 15.2 Å². The predicted octanol–water partition coefficient (Wildman–Crippen LogP) is 0.793. The van der Waals surface area contributed by atoms with Crippen molar-refractivity contribution >= 4 is 5.69 Å². The predicted molar refractivity (Wildman–Crippen MR) is 66.6 cm³/mol. The zero-order valence-corrected chi connectivity index (χ0v) is 10.1. The molecule has 2 rings (SSSR count). The van der Waals surface area contributed by atoms with Crippen LogP contribution in [-0.2, 0) is 13.0 Å². The van der Waals surface area contributed by atoms with Gasteiger partial charge in [0.2, 0.25) is 0 Å². The molecule has 8 nitrogen and oxygen atoms in total. The number of aromatic nitrogens is 3. The molecule has 0 bridgehead atoms. The molecule has 0 atom stereocenters. The van der Waals surface area contributed by atoms with Crippen LogP contribution >= 0.6 is 0 Å². The lowest BCUT2D eigenvalue weighted by molar-refractivity contribution is -0.384. The van der Waals surface area contributed by atoms with Crippen molar-refractivity contribution in [3.05, 3.63) is 46.0 Å². The maximum absolute atomic E-state index is 10.6. The van der Waals surface area contributed by atoms with Crippen LogP contribution in [0.15, 0.2) is 24.3 Å². The average Bonchev–Trinajstić information content (AvgIpc) is 2.85. The minimum atomic E-state index is -0.472. The van der Waals surface area contributed by atoms with Crippen LogP contribution in [0.3, 0.4) is 0 Å². The van der Waals surface area contributed by atoms with Gasteiger partial charge in [-0.2, -0.15) is 5.10 Å². The van der Waals surface area contributed by atoms with Gasteiger partial charge >= 0.3 is 0 Å². The van der Waals surface area contributed by atoms with Crippen molar-refractivity contribution in [2.75, 3.05) is 6.54 Å². The van der Waals surface area contributed by atoms with E-state index in [2.05, 4.69) is 15.2 Å². The molecule has 0 fully saturated rings. The lowest BCUT2D eigenvalue weighted by Crippen LogP contribution is -2.04. The summed E-state index contributed by atoms with van der Waals surface area (Å²) in [4.78, 5) is 14.3. The van der Waals surface area contributed by atoms with Gasteiger partial charge in [-0.1, -0.05) is 6.07 Å². The highest BCUT2D eigenvalue weighted by Gasteiger charge is 2.07. The van der Waals surface area contributed by atoms with E-state index in [1.807, 2.05) is 0 Å². The van der Waals surface area contributed by atoms with E-state index in [0.29, 0.717) is 30.4 Å². The van der Waals surface area contributed by atoms with Crippen molar-refractivity contribution in [3.8, 4) is 5.75 Å². The van der Waals surface area contributed by atoms with E-state index in [1.54, 1.807) is 12.1 Å². The highest BCUT2D eigenvalue weighted by atomic mass is 16.6. The molecule has 0 saturated heterocycles. The van der Waals surface area contributed by atoms with E-state index in [4.69, 9.17) is 10.5 Å². The molecule has 0 amide bonds. The Kier molecular flexibility index (Phi) is 4.04. The highest BCUT2D eigenvalue weighted by Crippen LogP contribution is 2.19. The zero-order chi connectivity index (χ0) is 13.7. The number of hydrogen-bond acceptors (Lipinski definition) is 6. The fourth-order valence-corrected chi connectivity index (χ4v) is 1.48. The molecule has 0 unspecified atom stereocenters. The molecular weight excluding hydrogens is 250 g/mol. The summed E-state index contributed by atoms with van der Waals surface area (Å²) in [5.74, 6) is 1.58. The van der Waals surface area contributed by atoms with Crippen molar-refractivity contribution in [2.45, 2.75) is 13.0 Å². The van der Waals surface area contributed by atoms with E-state index < -0.39 is 4.92 Å². The molecule has 0 radical (unpaired) electrons. The van der Waals surface area contributed by atoms with Crippen molar-refractivity contribution in [3.63, 3.8) is 0 Å². The number of non-ortho nitro benzene ring substituents is 1. The molecule has 8 heteroatoms. The Labute approximate surface area is 108 Å². The fraction of sp³-hybridized carbons (Fsp3) is 0.273. The number of nitro benzene ring substituents is 1. The van der Waals surface area contributed by atoms with E-state index in [1.165, 1.54) is 12.1 Å². The molecule has 1 aromatic carbocycles. The molecule has 0 aliphatic rings. The van der Waals surface area contributed by atoms with Crippen LogP contribution in [0.2, 0.25) is 0 Å². The monoisotopic (exact) mass is 263 g/mol. The van der Waals surface area contributed by atoms with E-state index in [0.717, 1.165) is 0 Å². The normalized spacial score (nSPS) is 10.4. The van der Waals surface area contributed by atoms with Gasteiger partial charge in [0.25, 0.3) is 5.69 Å². The number of ether oxygens (including phenoxy) is 1. The Balaban J connectivity index is 1.97. The second kappa shape index (κ2) is 5.91. The molecular formula is C11H13N5O3. The van der Waals surface area contributed by atoms with Gasteiger partial charge in [-0.15, -0.1) is 0 Å². The number of nitrogens with zero attached hydrogens (tertiary/aromatic N) is 3. The van der Waals surface area contributed by atoms with Gasteiger partial charge in [0, 0.05) is 12.5 Å². The highest BCUT2D eigenvalue weighted by molar-refractivity contribution is 5.37. The summed E-state index contributed by atoms with van der Waals surface area (Å²) < 4.78 is 5.40. The number of hydrogen-bond donors (Lipinski definition) is 2. The zero-order valence-electron chi connectivity index (χ0n) is 10.1. The first-order chi connectivity index (χ1) is 9.19. The Bertz CT molecular complexity index is 569. The summed E-state index contributed by atoms with van der Waals surface area (Å²) in [7, 11) is 0. The maximum Gasteiger partial charge on any atom is 0.273 e. The molecule has 2 aromatic rings. The summed E-state index contributed by atoms with van der Waals surface area (Å²) in [6, 6.07) is 5.97. The summed E-state index contributed by atoms with van der Waals surface area (Å²) >= 11 is 0. The van der Waals surface area contributed by atoms with Gasteiger partial charge in [0.05, 0.1) is 11.0 Å². The topological polar surface area (TPSA) is 120 Å². The van der Waals surface area contributed by atoms with Crippen LogP contribution < -0.4 is 10.5 Å². The van der Waals surface area contributed by atoms with Crippen LogP contribution in [-0.4, -0.2) is 26.6 Å². The molecule has 0 saturated carbocycles. The third-order valence-corrected chi connectivity index (χ3v) is 2.35. The summed E-state index contributed by atoms with van der Waals surface area (Å²) in [6.45, 7) is 0.641. The number of aromatic amines is 1. The van der Waals surface area contributed by atoms with Gasteiger partial charge in [0.15, 0.2) is 11.6 Å². The standard InChI is InChI=1S/C11H13N5O3/c12-5-4-10-13-11(15-14-10)7-19-9-3-1-2-8(6-9)16(17)18/h1-3,6H,4-5,7,12H2,(H,13,14,15). The number of H-pyrrole nitrogens is 1. The van der Waals surface area contributed by atoms with Gasteiger partial charge in [-0.05, 0) is 12.6 Å². The minimum Gasteiger partial charge on any atom is -0.485 e. The molecule has 0 aliphatic carbocycles. The lowest BCUT2D eigenvalue weighted by Gasteiger charge is -2.02. The number of benzene rings is 1. The molecule has 1 heterocycles. The molecule has 1 aromatic heterocycles. The van der Waals surface area contributed by atoms with E-state index in [-0.39, 0.29) is 12.3 Å². The molecule has 19 heavy (non-hydrogen) atoms. The largest absolute Gasteiger partial charge is 0.485 e. The number of rotatable bonds is 6. The lowest BCUT2D eigenvalue weighted by atomic mass is 10.3. The maximum atomic E-state index is 10.6. The Morgan fingerprint density at radius 1 is 1.47 bits per heavy atom. The quantitative estimate of drug-likeness (QED) is 0.587. The minimum absolute atomic E-state index is 0.0149. The first kappa shape index (κ1) is 13.0. The molecule has 0 spiro atoms. The van der Waals surface area contributed by atoms with Crippen LogP contribution in [0.4, 0.5) is 5.69 Å². The average molecular weight is 263 g/mol. The SMILES string of the molecule is NCCc1n[nH]c(COc2cccc([N+](=O)[O-])c2)n1. The molecule has 3 N–H and O–H groups in total. The van der Waals surface area contributed by atoms with Crippen molar-refractivity contribution in [1.29, 1.82) is 0 Å². The fourth-order valence-electron chi connectivity index (χ4n) is 1.48. The third-order valence-electron chi connectivity index (χ3n) is 2.35. The Morgan fingerprint density at radius 2 is 2.32 bits per heavy atom. The van der Waals surface area contributed by atoms with Gasteiger partial charge < -0.3 is 10.5 Å². The van der Waals surface area contributed by atoms with Crippen molar-refractivity contribution in [2.24, 2.45) is 5.73 Å². The second-order valence-corrected chi connectivity index (χ2v) is 3.78. The van der Waals surface area contributed by atoms with Gasteiger partial charge in [0.1, 0.15) is 12.4 Å². The number of nitrogens with two attached hydrogens (primary N) is 1. The van der Waals surface area contributed by atoms with Crippen LogP contribution in [0.1, 0.15) is 11.6 Å². The summed E-state index contributed by atoms with van der Waals surface area (Å²) in [5, 5.41) is 17.3. The van der Waals surface area contributed by atoms with E-state index >= 15 is 0 Å². The molecule has 100 valence electrons. The summed E-state index contributed by atoms with van der Waals surface area (Å²) in [5.41, 5.74) is 5.38. The summed E-state index contributed by atoms with van der Waals surface area (Å²) in [6.07, 6.45) is 0.591. The smallest absolute Gasteiger partial charge is 0.273 e. The third kappa shape index (κ3) is 3.49. The Morgan fingerprint density at radius 3 is 3.05 bits per heavy atom. The van der Waals surface area contributed by atoms with Crippen LogP contribution in [0.5, 0.6) is 5.75 Å². The number of nitrogens with one attached hydrogen (secondary N) is 1. The van der Waals surface area contributed by atoms with Crippen LogP contribution in [0.25, 0.3) is 0 Å². The number of nitro groups is 1. The van der Waals surface area contributed by atoms with Crippen LogP contribution in [0, 0.1) is 10.1 Å². The second-order valence-electron chi connectivity index (χ2n) is 3.78. The first-order valence-corrected chi connectivity index (χ1v) is 5.66. The van der Waals surface area contributed by atoms with Crippen molar-refractivity contribution < 1.29 is 9.66 Å². The molecule has 0 aliphatic heterocycles. The first-order valence-electron chi connectivity index (χ1n) is 5.66. The Hall–Kier alpha value is -2.48.